The maximum Gasteiger partial charge on any atom is 0.250 e. The van der Waals surface area contributed by atoms with Gasteiger partial charge in [0.25, 0.3) is 5.56 Å². The van der Waals surface area contributed by atoms with E-state index in [9.17, 15) is 9.90 Å². The fourth-order valence-corrected chi connectivity index (χ4v) is 3.69. The molecule has 0 spiro atoms. The number of ether oxygens (including phenoxy) is 1. The van der Waals surface area contributed by atoms with Gasteiger partial charge >= 0.3 is 0 Å². The van der Waals surface area contributed by atoms with Crippen molar-refractivity contribution in [3.8, 4) is 0 Å². The minimum Gasteiger partial charge on any atom is -0.389 e. The van der Waals surface area contributed by atoms with E-state index < -0.39 is 6.10 Å². The molecule has 2 aliphatic heterocycles. The van der Waals surface area contributed by atoms with E-state index in [1.54, 1.807) is 13.2 Å². The van der Waals surface area contributed by atoms with Crippen LogP contribution >= 0.6 is 0 Å². The van der Waals surface area contributed by atoms with Crippen molar-refractivity contribution in [3.05, 3.63) is 34.2 Å². The Morgan fingerprint density at radius 1 is 1.40 bits per heavy atom. The lowest BCUT2D eigenvalue weighted by atomic mass is 9.83. The molecule has 1 saturated heterocycles. The second-order valence-electron chi connectivity index (χ2n) is 6.03. The molecule has 1 fully saturated rings. The number of aromatic nitrogens is 1. The lowest BCUT2D eigenvalue weighted by molar-refractivity contribution is 0.0183. The van der Waals surface area contributed by atoms with Gasteiger partial charge in [0.2, 0.25) is 0 Å². The van der Waals surface area contributed by atoms with E-state index in [0.717, 1.165) is 31.7 Å². The maximum atomic E-state index is 11.9. The number of β-amino-alcohol motifs (C(OH)–C–C–N with tert-alkyl or cyclic N) is 1. The average molecular weight is 278 g/mol. The number of rotatable bonds is 4. The number of methoxy groups -OCH3 is 1. The first-order valence-corrected chi connectivity index (χ1v) is 7.26. The predicted octanol–water partition coefficient (Wildman–Crippen LogP) is 0.275. The first-order chi connectivity index (χ1) is 9.67. The summed E-state index contributed by atoms with van der Waals surface area (Å²) in [4.78, 5) is 14.2. The Morgan fingerprint density at radius 3 is 3.05 bits per heavy atom. The van der Waals surface area contributed by atoms with Gasteiger partial charge in [-0.3, -0.25) is 9.69 Å². The van der Waals surface area contributed by atoms with Gasteiger partial charge in [-0.1, -0.05) is 6.07 Å². The van der Waals surface area contributed by atoms with E-state index in [-0.39, 0.29) is 5.56 Å². The number of aliphatic hydroxyl groups is 1. The van der Waals surface area contributed by atoms with E-state index >= 15 is 0 Å². The van der Waals surface area contributed by atoms with Crippen LogP contribution in [0.2, 0.25) is 0 Å². The molecule has 5 nitrogen and oxygen atoms in total. The Hall–Kier alpha value is -1.17. The molecular formula is C15H22N2O3. The lowest BCUT2D eigenvalue weighted by Crippen LogP contribution is -2.49. The molecule has 5 heteroatoms. The van der Waals surface area contributed by atoms with Crippen molar-refractivity contribution < 1.29 is 9.84 Å². The molecule has 1 unspecified atom stereocenters. The molecule has 3 heterocycles. The Bertz CT molecular complexity index is 528. The molecule has 20 heavy (non-hydrogen) atoms. The third-order valence-corrected chi connectivity index (χ3v) is 4.38. The number of hydrogen-bond acceptors (Lipinski definition) is 4. The molecule has 2 aliphatic rings. The summed E-state index contributed by atoms with van der Waals surface area (Å²) in [5.74, 6) is 0.919. The molecule has 0 aromatic carbocycles. The minimum atomic E-state index is -0.434. The van der Waals surface area contributed by atoms with Crippen LogP contribution in [0.1, 0.15) is 18.0 Å². The van der Waals surface area contributed by atoms with Gasteiger partial charge in [-0.05, 0) is 18.4 Å². The zero-order valence-corrected chi connectivity index (χ0v) is 11.9. The molecule has 3 rings (SSSR count). The maximum absolute atomic E-state index is 11.9. The van der Waals surface area contributed by atoms with Crippen LogP contribution in [0.5, 0.6) is 0 Å². The number of nitrogens with zero attached hydrogens (tertiary/aromatic N) is 2. The Balaban J connectivity index is 1.75. The highest BCUT2D eigenvalue weighted by Crippen LogP contribution is 2.34. The molecule has 0 amide bonds. The van der Waals surface area contributed by atoms with Crippen molar-refractivity contribution in [3.63, 3.8) is 0 Å². The first kappa shape index (κ1) is 13.8. The number of pyridine rings is 1. The van der Waals surface area contributed by atoms with Crippen molar-refractivity contribution in [2.75, 3.05) is 33.4 Å². The topological polar surface area (TPSA) is 54.7 Å². The number of hydrogen-bond donors (Lipinski definition) is 1. The van der Waals surface area contributed by atoms with E-state index in [2.05, 4.69) is 11.0 Å². The zero-order chi connectivity index (χ0) is 14.1. The van der Waals surface area contributed by atoms with Crippen LogP contribution in [0.15, 0.2) is 23.0 Å². The third kappa shape index (κ3) is 2.66. The lowest BCUT2D eigenvalue weighted by Gasteiger charge is -2.43. The van der Waals surface area contributed by atoms with Crippen molar-refractivity contribution in [1.29, 1.82) is 0 Å². The summed E-state index contributed by atoms with van der Waals surface area (Å²) in [5, 5.41) is 9.88. The van der Waals surface area contributed by atoms with Crippen LogP contribution in [0.25, 0.3) is 0 Å². The van der Waals surface area contributed by atoms with Gasteiger partial charge in [0, 0.05) is 51.0 Å². The van der Waals surface area contributed by atoms with Gasteiger partial charge in [-0.25, -0.2) is 0 Å². The van der Waals surface area contributed by atoms with Gasteiger partial charge < -0.3 is 14.4 Å². The third-order valence-electron chi connectivity index (χ3n) is 4.38. The molecule has 2 bridgehead atoms. The summed E-state index contributed by atoms with van der Waals surface area (Å²) >= 11 is 0. The van der Waals surface area contributed by atoms with Crippen molar-refractivity contribution >= 4 is 0 Å². The second kappa shape index (κ2) is 5.68. The summed E-state index contributed by atoms with van der Waals surface area (Å²) < 4.78 is 6.92. The van der Waals surface area contributed by atoms with Crippen LogP contribution in [0, 0.1) is 5.92 Å². The fourth-order valence-electron chi connectivity index (χ4n) is 3.69. The molecule has 3 atom stereocenters. The van der Waals surface area contributed by atoms with E-state index in [4.69, 9.17) is 4.74 Å². The molecule has 1 aromatic rings. The van der Waals surface area contributed by atoms with Gasteiger partial charge in [0.15, 0.2) is 0 Å². The quantitative estimate of drug-likeness (QED) is 0.859. The van der Waals surface area contributed by atoms with Gasteiger partial charge in [0.1, 0.15) is 0 Å². The average Bonchev–Trinajstić information content (AvgIpc) is 2.40. The molecule has 1 aromatic heterocycles. The molecular weight excluding hydrogens is 256 g/mol. The van der Waals surface area contributed by atoms with E-state index in [0.29, 0.717) is 25.0 Å². The Morgan fingerprint density at radius 2 is 2.25 bits per heavy atom. The van der Waals surface area contributed by atoms with Gasteiger partial charge in [-0.15, -0.1) is 0 Å². The molecule has 0 saturated carbocycles. The summed E-state index contributed by atoms with van der Waals surface area (Å²) in [6, 6.07) is 5.56. The summed E-state index contributed by atoms with van der Waals surface area (Å²) in [6.07, 6.45) is 0.720. The van der Waals surface area contributed by atoms with Crippen LogP contribution in [-0.4, -0.2) is 54.0 Å². The molecule has 1 N–H and O–H groups in total. The second-order valence-corrected chi connectivity index (χ2v) is 6.03. The van der Waals surface area contributed by atoms with Crippen LogP contribution in [0.4, 0.5) is 0 Å². The molecule has 0 radical (unpaired) electrons. The normalized spacial score (nSPS) is 27.1. The van der Waals surface area contributed by atoms with Crippen LogP contribution in [0.3, 0.4) is 0 Å². The van der Waals surface area contributed by atoms with Crippen molar-refractivity contribution in [2.24, 2.45) is 5.92 Å². The van der Waals surface area contributed by atoms with E-state index in [1.807, 2.05) is 10.6 Å². The highest BCUT2D eigenvalue weighted by Gasteiger charge is 2.34. The van der Waals surface area contributed by atoms with Crippen molar-refractivity contribution in [2.45, 2.75) is 25.0 Å². The highest BCUT2D eigenvalue weighted by molar-refractivity contribution is 5.16. The monoisotopic (exact) mass is 278 g/mol. The fraction of sp³-hybridized carbons (Fsp3) is 0.667. The molecule has 0 aliphatic carbocycles. The minimum absolute atomic E-state index is 0.116. The number of fused-ring (bicyclic) bond motifs is 4. The number of piperidine rings is 1. The number of aliphatic hydroxyl groups excluding tert-OH is 1. The first-order valence-electron chi connectivity index (χ1n) is 7.26. The Kier molecular flexibility index (Phi) is 3.92. The predicted molar refractivity (Wildman–Crippen MR) is 75.9 cm³/mol. The van der Waals surface area contributed by atoms with E-state index in [1.165, 1.54) is 0 Å². The highest BCUT2D eigenvalue weighted by atomic mass is 16.5. The van der Waals surface area contributed by atoms with Crippen LogP contribution < -0.4 is 5.56 Å². The van der Waals surface area contributed by atoms with Gasteiger partial charge in [-0.2, -0.15) is 0 Å². The SMILES string of the molecule is COCC(O)CN1C[C@H]2C[C@@H](C1)c1cccc(=O)n1C2. The summed E-state index contributed by atoms with van der Waals surface area (Å²) in [5.41, 5.74) is 1.27. The summed E-state index contributed by atoms with van der Waals surface area (Å²) in [7, 11) is 1.61. The molecule has 110 valence electrons. The largest absolute Gasteiger partial charge is 0.389 e. The smallest absolute Gasteiger partial charge is 0.250 e. The zero-order valence-electron chi connectivity index (χ0n) is 11.9. The van der Waals surface area contributed by atoms with Gasteiger partial charge in [0.05, 0.1) is 12.7 Å². The van der Waals surface area contributed by atoms with Crippen molar-refractivity contribution in [1.82, 2.24) is 9.47 Å². The van der Waals surface area contributed by atoms with Crippen LogP contribution in [-0.2, 0) is 11.3 Å². The standard InChI is InChI=1S/C15H22N2O3/c1-20-10-13(18)9-16-6-11-5-12(8-16)14-3-2-4-15(19)17(14)7-11/h2-4,11-13,18H,5-10H2,1H3/t11-,12+,13?/m1/s1. The Labute approximate surface area is 118 Å². The number of likely N-dealkylation sites (tertiary alicyclic amines) is 1. The summed E-state index contributed by atoms with van der Waals surface area (Å²) in [6.45, 7) is 3.71.